The topological polar surface area (TPSA) is 73.8 Å². The lowest BCUT2D eigenvalue weighted by Gasteiger charge is -2.19. The van der Waals surface area contributed by atoms with Gasteiger partial charge in [-0.3, -0.25) is 0 Å². The van der Waals surface area contributed by atoms with Gasteiger partial charge in [0.05, 0.1) is 11.4 Å². The van der Waals surface area contributed by atoms with E-state index in [9.17, 15) is 8.42 Å². The number of anilines is 1. The second-order valence-electron chi connectivity index (χ2n) is 7.10. The number of guanidine groups is 1. The van der Waals surface area contributed by atoms with Crippen molar-refractivity contribution in [1.29, 1.82) is 0 Å². The Kier molecular flexibility index (Phi) is 11.2. The molecule has 2 rings (SSSR count). The van der Waals surface area contributed by atoms with Crippen LogP contribution in [0.5, 0.6) is 0 Å². The second-order valence-corrected chi connectivity index (χ2v) is 9.09. The van der Waals surface area contributed by atoms with Crippen molar-refractivity contribution in [3.05, 3.63) is 59.7 Å². The van der Waals surface area contributed by atoms with E-state index in [-0.39, 0.29) is 24.0 Å². The summed E-state index contributed by atoms with van der Waals surface area (Å²) in [6, 6.07) is 15.7. The Bertz CT molecular complexity index is 918. The number of sulfone groups is 1. The standard InChI is InChI=1S/C22H32N4O2S.HI/c1-5-23-22(24-14-9-15-26(3)20-10-7-6-8-11-20)25-17-19-12-13-21(18(2)16-19)29(4,27)28;/h6-8,10-13,16H,5,9,14-15,17H2,1-4H3,(H2,23,24,25);1H. The Morgan fingerprint density at radius 2 is 1.80 bits per heavy atom. The van der Waals surface area contributed by atoms with Crippen LogP contribution in [-0.4, -0.2) is 47.3 Å². The molecule has 8 heteroatoms. The van der Waals surface area contributed by atoms with Crippen molar-refractivity contribution in [2.45, 2.75) is 31.7 Å². The molecule has 0 aromatic heterocycles. The second kappa shape index (κ2) is 12.8. The molecule has 2 aromatic carbocycles. The molecule has 2 N–H and O–H groups in total. The van der Waals surface area contributed by atoms with E-state index in [0.717, 1.165) is 43.1 Å². The Balaban J connectivity index is 0.00000450. The average molecular weight is 545 g/mol. The quantitative estimate of drug-likeness (QED) is 0.219. The number of para-hydroxylation sites is 1. The Hall–Kier alpha value is -1.81. The molecule has 0 amide bonds. The zero-order chi connectivity index (χ0) is 21.3. The third-order valence-corrected chi connectivity index (χ3v) is 5.82. The summed E-state index contributed by atoms with van der Waals surface area (Å²) >= 11 is 0. The van der Waals surface area contributed by atoms with Gasteiger partial charge in [0, 0.05) is 38.6 Å². The molecule has 166 valence electrons. The van der Waals surface area contributed by atoms with Gasteiger partial charge in [0.2, 0.25) is 0 Å². The average Bonchev–Trinajstić information content (AvgIpc) is 2.68. The molecule has 0 bridgehead atoms. The molecule has 0 heterocycles. The van der Waals surface area contributed by atoms with E-state index in [1.165, 1.54) is 11.9 Å². The molecule has 0 spiro atoms. The highest BCUT2D eigenvalue weighted by molar-refractivity contribution is 14.0. The summed E-state index contributed by atoms with van der Waals surface area (Å²) in [4.78, 5) is 7.23. The number of aliphatic imine (C=N–C) groups is 1. The van der Waals surface area contributed by atoms with Crippen molar-refractivity contribution in [2.75, 3.05) is 37.8 Å². The first-order valence-corrected chi connectivity index (χ1v) is 11.8. The van der Waals surface area contributed by atoms with Gasteiger partial charge in [0.15, 0.2) is 15.8 Å². The zero-order valence-electron chi connectivity index (χ0n) is 18.2. The van der Waals surface area contributed by atoms with Crippen LogP contribution < -0.4 is 15.5 Å². The van der Waals surface area contributed by atoms with Crippen LogP contribution in [0.1, 0.15) is 24.5 Å². The van der Waals surface area contributed by atoms with E-state index >= 15 is 0 Å². The Morgan fingerprint density at radius 1 is 1.10 bits per heavy atom. The van der Waals surface area contributed by atoms with Crippen molar-refractivity contribution in [3.63, 3.8) is 0 Å². The monoisotopic (exact) mass is 544 g/mol. The maximum Gasteiger partial charge on any atom is 0.191 e. The summed E-state index contributed by atoms with van der Waals surface area (Å²) in [6.45, 7) is 6.88. The van der Waals surface area contributed by atoms with Crippen LogP contribution in [0.2, 0.25) is 0 Å². The predicted octanol–water partition coefficient (Wildman–Crippen LogP) is 3.60. The van der Waals surface area contributed by atoms with Crippen LogP contribution in [0.4, 0.5) is 5.69 Å². The molecule has 0 aliphatic rings. The fourth-order valence-electron chi connectivity index (χ4n) is 3.07. The summed E-state index contributed by atoms with van der Waals surface area (Å²) in [5.74, 6) is 0.764. The first kappa shape index (κ1) is 26.2. The van der Waals surface area contributed by atoms with Crippen LogP contribution in [-0.2, 0) is 16.4 Å². The van der Waals surface area contributed by atoms with Crippen LogP contribution >= 0.6 is 24.0 Å². The summed E-state index contributed by atoms with van der Waals surface area (Å²) < 4.78 is 23.5. The lowest BCUT2D eigenvalue weighted by molar-refractivity contribution is 0.601. The van der Waals surface area contributed by atoms with Gasteiger partial charge >= 0.3 is 0 Å². The van der Waals surface area contributed by atoms with Gasteiger partial charge in [-0.2, -0.15) is 0 Å². The SMILES string of the molecule is CCNC(=NCc1ccc(S(C)(=O)=O)c(C)c1)NCCCN(C)c1ccccc1.I. The summed E-state index contributed by atoms with van der Waals surface area (Å²) in [5, 5.41) is 6.62. The summed E-state index contributed by atoms with van der Waals surface area (Å²) in [5.41, 5.74) is 2.94. The number of halogens is 1. The fraction of sp³-hybridized carbons (Fsp3) is 0.409. The van der Waals surface area contributed by atoms with Crippen LogP contribution in [0, 0.1) is 6.92 Å². The van der Waals surface area contributed by atoms with E-state index in [1.807, 2.05) is 44.2 Å². The van der Waals surface area contributed by atoms with E-state index in [4.69, 9.17) is 0 Å². The number of benzene rings is 2. The van der Waals surface area contributed by atoms with Crippen LogP contribution in [0.3, 0.4) is 0 Å². The highest BCUT2D eigenvalue weighted by atomic mass is 127. The fourth-order valence-corrected chi connectivity index (χ4v) is 4.03. The van der Waals surface area contributed by atoms with Crippen LogP contribution in [0.15, 0.2) is 58.4 Å². The molecule has 0 atom stereocenters. The summed E-state index contributed by atoms with van der Waals surface area (Å²) in [6.07, 6.45) is 2.22. The van der Waals surface area contributed by atoms with Crippen molar-refractivity contribution in [1.82, 2.24) is 10.6 Å². The first-order valence-electron chi connectivity index (χ1n) is 9.89. The normalized spacial score (nSPS) is 11.5. The minimum atomic E-state index is -3.20. The molecule has 0 aliphatic carbocycles. The van der Waals surface area contributed by atoms with Crippen LogP contribution in [0.25, 0.3) is 0 Å². The number of aryl methyl sites for hydroxylation is 1. The van der Waals surface area contributed by atoms with Crippen molar-refractivity contribution < 1.29 is 8.42 Å². The number of hydrogen-bond donors (Lipinski definition) is 2. The first-order chi connectivity index (χ1) is 13.8. The van der Waals surface area contributed by atoms with Gasteiger partial charge in [-0.1, -0.05) is 30.3 Å². The third kappa shape index (κ3) is 8.51. The molecule has 0 aliphatic heterocycles. The van der Waals surface area contributed by atoms with Gasteiger partial charge in [0.25, 0.3) is 0 Å². The number of hydrogen-bond acceptors (Lipinski definition) is 4. The highest BCUT2D eigenvalue weighted by Gasteiger charge is 2.10. The number of rotatable bonds is 9. The molecular weight excluding hydrogens is 511 g/mol. The molecule has 6 nitrogen and oxygen atoms in total. The number of nitrogens with zero attached hydrogens (tertiary/aromatic N) is 2. The van der Waals surface area contributed by atoms with E-state index in [2.05, 4.69) is 39.7 Å². The predicted molar refractivity (Wildman–Crippen MR) is 137 cm³/mol. The van der Waals surface area contributed by atoms with Crippen molar-refractivity contribution in [3.8, 4) is 0 Å². The molecule has 0 saturated heterocycles. The van der Waals surface area contributed by atoms with Gasteiger partial charge in [0.1, 0.15) is 0 Å². The van der Waals surface area contributed by atoms with Gasteiger partial charge in [-0.05, 0) is 49.6 Å². The van der Waals surface area contributed by atoms with Gasteiger partial charge in [-0.25, -0.2) is 13.4 Å². The molecule has 2 aromatic rings. The largest absolute Gasteiger partial charge is 0.375 e. The molecular formula is C22H33IN4O2S. The Morgan fingerprint density at radius 3 is 2.40 bits per heavy atom. The zero-order valence-corrected chi connectivity index (χ0v) is 21.3. The van der Waals surface area contributed by atoms with Gasteiger partial charge < -0.3 is 15.5 Å². The van der Waals surface area contributed by atoms with Crippen molar-refractivity contribution in [2.24, 2.45) is 4.99 Å². The molecule has 0 fully saturated rings. The highest BCUT2D eigenvalue weighted by Crippen LogP contribution is 2.17. The molecule has 0 radical (unpaired) electrons. The molecule has 30 heavy (non-hydrogen) atoms. The Labute approximate surface area is 198 Å². The van der Waals surface area contributed by atoms with Gasteiger partial charge in [-0.15, -0.1) is 24.0 Å². The lowest BCUT2D eigenvalue weighted by Crippen LogP contribution is -2.38. The molecule has 0 saturated carbocycles. The maximum atomic E-state index is 11.8. The summed E-state index contributed by atoms with van der Waals surface area (Å²) in [7, 11) is -1.10. The molecule has 0 unspecified atom stereocenters. The van der Waals surface area contributed by atoms with E-state index in [0.29, 0.717) is 11.4 Å². The lowest BCUT2D eigenvalue weighted by atomic mass is 10.1. The minimum Gasteiger partial charge on any atom is -0.375 e. The van der Waals surface area contributed by atoms with Crippen molar-refractivity contribution >= 4 is 45.5 Å². The van der Waals surface area contributed by atoms with E-state index < -0.39 is 9.84 Å². The number of nitrogens with one attached hydrogen (secondary N) is 2. The smallest absolute Gasteiger partial charge is 0.191 e. The third-order valence-electron chi connectivity index (χ3n) is 4.56. The maximum absolute atomic E-state index is 11.8. The van der Waals surface area contributed by atoms with E-state index in [1.54, 1.807) is 6.07 Å². The minimum absolute atomic E-state index is 0.